The molecule has 1 aliphatic rings. The lowest BCUT2D eigenvalue weighted by Crippen LogP contribution is -1.92. The first-order valence-corrected chi connectivity index (χ1v) is 8.94. The van der Waals surface area contributed by atoms with Gasteiger partial charge in [0.25, 0.3) is 0 Å². The van der Waals surface area contributed by atoms with Crippen molar-refractivity contribution in [2.24, 2.45) is 0 Å². The van der Waals surface area contributed by atoms with Crippen LogP contribution < -0.4 is 0 Å². The first-order valence-electron chi connectivity index (χ1n) is 8.94. The van der Waals surface area contributed by atoms with Crippen LogP contribution in [0, 0.1) is 6.92 Å². The van der Waals surface area contributed by atoms with E-state index in [1.54, 1.807) is 0 Å². The lowest BCUT2D eigenvalue weighted by Gasteiger charge is -2.13. The Kier molecular flexibility index (Phi) is 11.9. The van der Waals surface area contributed by atoms with Crippen molar-refractivity contribution in [3.63, 3.8) is 0 Å². The van der Waals surface area contributed by atoms with E-state index in [4.69, 9.17) is 0 Å². The number of benzene rings is 1. The van der Waals surface area contributed by atoms with Gasteiger partial charge in [-0.3, -0.25) is 0 Å². The molecule has 1 N–H and O–H groups in total. The quantitative estimate of drug-likeness (QED) is 0.553. The SMILES string of the molecule is C=C.CC.CC.Cc1c[nH]c(C2=CCCC(c3ccccc3)=C2)c1. The minimum Gasteiger partial charge on any atom is -0.361 e. The number of aromatic amines is 1. The molecule has 1 aliphatic carbocycles. The van der Waals surface area contributed by atoms with Crippen LogP contribution in [0.3, 0.4) is 0 Å². The summed E-state index contributed by atoms with van der Waals surface area (Å²) in [6.07, 6.45) is 8.93. The van der Waals surface area contributed by atoms with Gasteiger partial charge in [0.2, 0.25) is 0 Å². The second-order valence-corrected chi connectivity index (χ2v) is 4.82. The number of H-pyrrole nitrogens is 1. The highest BCUT2D eigenvalue weighted by molar-refractivity contribution is 5.84. The van der Waals surface area contributed by atoms with Gasteiger partial charge in [-0.15, -0.1) is 13.2 Å². The van der Waals surface area contributed by atoms with Gasteiger partial charge in [0.15, 0.2) is 0 Å². The van der Waals surface area contributed by atoms with E-state index in [1.807, 2.05) is 27.7 Å². The van der Waals surface area contributed by atoms with E-state index >= 15 is 0 Å². The molecule has 0 aliphatic heterocycles. The monoisotopic (exact) mass is 323 g/mol. The van der Waals surface area contributed by atoms with Crippen LogP contribution >= 0.6 is 0 Å². The summed E-state index contributed by atoms with van der Waals surface area (Å²) < 4.78 is 0. The summed E-state index contributed by atoms with van der Waals surface area (Å²) in [6.45, 7) is 16.1. The molecule has 0 fully saturated rings. The third-order valence-electron chi connectivity index (χ3n) is 3.39. The van der Waals surface area contributed by atoms with Crippen LogP contribution in [-0.4, -0.2) is 4.98 Å². The van der Waals surface area contributed by atoms with Crippen molar-refractivity contribution in [2.75, 3.05) is 0 Å². The lowest BCUT2D eigenvalue weighted by molar-refractivity contribution is 1.06. The predicted molar refractivity (Wildman–Crippen MR) is 111 cm³/mol. The van der Waals surface area contributed by atoms with Crippen molar-refractivity contribution >= 4 is 11.1 Å². The first kappa shape index (κ1) is 21.7. The molecule has 0 amide bonds. The van der Waals surface area contributed by atoms with Crippen molar-refractivity contribution < 1.29 is 0 Å². The van der Waals surface area contributed by atoms with Gasteiger partial charge in [-0.2, -0.15) is 0 Å². The van der Waals surface area contributed by atoms with E-state index < -0.39 is 0 Å². The molecular formula is C23H33N. The zero-order valence-electron chi connectivity index (χ0n) is 16.0. The van der Waals surface area contributed by atoms with Gasteiger partial charge in [0.1, 0.15) is 0 Å². The van der Waals surface area contributed by atoms with Gasteiger partial charge >= 0.3 is 0 Å². The van der Waals surface area contributed by atoms with Gasteiger partial charge < -0.3 is 4.98 Å². The minimum atomic E-state index is 1.12. The number of allylic oxidation sites excluding steroid dienone is 4. The number of hydrogen-bond acceptors (Lipinski definition) is 0. The molecule has 0 spiro atoms. The Morgan fingerprint density at radius 3 is 2.12 bits per heavy atom. The summed E-state index contributed by atoms with van der Waals surface area (Å²) in [6, 6.07) is 12.9. The summed E-state index contributed by atoms with van der Waals surface area (Å²) in [7, 11) is 0. The zero-order valence-corrected chi connectivity index (χ0v) is 16.0. The first-order chi connectivity index (χ1) is 11.8. The Hall–Kier alpha value is -2.28. The molecule has 1 aromatic heterocycles. The molecule has 0 saturated heterocycles. The molecule has 0 unspecified atom stereocenters. The standard InChI is InChI=1S/C17H17N.2C2H6.C2H4/c1-13-10-17(18-12-13)16-9-5-8-15(11-16)14-6-3-2-4-7-14;3*1-2/h2-4,6-7,9-12,18H,5,8H2,1H3;2*1-2H3;1-2H2. The molecular weight excluding hydrogens is 290 g/mol. The molecule has 2 aromatic rings. The van der Waals surface area contributed by atoms with Crippen LogP contribution in [-0.2, 0) is 0 Å². The van der Waals surface area contributed by atoms with Crippen molar-refractivity contribution in [1.82, 2.24) is 4.98 Å². The average Bonchev–Trinajstić information content (AvgIpc) is 3.14. The third kappa shape index (κ3) is 6.45. The van der Waals surface area contributed by atoms with Crippen LogP contribution in [0.15, 0.2) is 67.9 Å². The second-order valence-electron chi connectivity index (χ2n) is 4.82. The van der Waals surface area contributed by atoms with Crippen LogP contribution in [0.5, 0.6) is 0 Å². The normalized spacial score (nSPS) is 12.0. The van der Waals surface area contributed by atoms with E-state index in [0.29, 0.717) is 0 Å². The third-order valence-corrected chi connectivity index (χ3v) is 3.39. The topological polar surface area (TPSA) is 15.8 Å². The molecule has 1 nitrogen and oxygen atoms in total. The van der Waals surface area contributed by atoms with E-state index in [1.165, 1.54) is 28.0 Å². The average molecular weight is 324 g/mol. The molecule has 0 radical (unpaired) electrons. The van der Waals surface area contributed by atoms with Crippen LogP contribution in [0.4, 0.5) is 0 Å². The van der Waals surface area contributed by atoms with Gasteiger partial charge in [-0.25, -0.2) is 0 Å². The predicted octanol–water partition coefficient (Wildman–Crippen LogP) is 7.44. The molecule has 0 atom stereocenters. The summed E-state index contributed by atoms with van der Waals surface area (Å²) in [5.41, 5.74) is 6.59. The lowest BCUT2D eigenvalue weighted by atomic mass is 9.92. The van der Waals surface area contributed by atoms with Gasteiger partial charge in [0.05, 0.1) is 0 Å². The Labute approximate surface area is 148 Å². The molecule has 1 aromatic carbocycles. The van der Waals surface area contributed by atoms with Gasteiger partial charge in [-0.1, -0.05) is 64.1 Å². The molecule has 3 rings (SSSR count). The molecule has 130 valence electrons. The van der Waals surface area contributed by atoms with Crippen LogP contribution in [0.2, 0.25) is 0 Å². The molecule has 24 heavy (non-hydrogen) atoms. The van der Waals surface area contributed by atoms with Crippen molar-refractivity contribution in [3.05, 3.63) is 84.7 Å². The number of nitrogens with one attached hydrogen (secondary N) is 1. The fourth-order valence-corrected chi connectivity index (χ4v) is 2.44. The Balaban J connectivity index is 0.000000798. The largest absolute Gasteiger partial charge is 0.361 e. The molecule has 0 saturated carbocycles. The fourth-order valence-electron chi connectivity index (χ4n) is 2.44. The number of rotatable bonds is 2. The second kappa shape index (κ2) is 13.2. The number of aromatic nitrogens is 1. The Morgan fingerprint density at radius 2 is 1.58 bits per heavy atom. The molecule has 1 heteroatoms. The molecule has 1 heterocycles. The summed E-state index contributed by atoms with van der Waals surface area (Å²) in [5.74, 6) is 0. The highest BCUT2D eigenvalue weighted by Crippen LogP contribution is 2.30. The maximum atomic E-state index is 3.33. The van der Waals surface area contributed by atoms with Gasteiger partial charge in [0, 0.05) is 11.9 Å². The van der Waals surface area contributed by atoms with E-state index in [9.17, 15) is 0 Å². The summed E-state index contributed by atoms with van der Waals surface area (Å²) in [5, 5.41) is 0. The Bertz CT molecular complexity index is 614. The zero-order chi connectivity index (χ0) is 18.4. The van der Waals surface area contributed by atoms with E-state index in [2.05, 4.69) is 79.8 Å². The minimum absolute atomic E-state index is 1.12. The maximum absolute atomic E-state index is 3.33. The van der Waals surface area contributed by atoms with Crippen molar-refractivity contribution in [3.8, 4) is 0 Å². The van der Waals surface area contributed by atoms with Crippen LogP contribution in [0.1, 0.15) is 57.4 Å². The van der Waals surface area contributed by atoms with Crippen molar-refractivity contribution in [2.45, 2.75) is 47.5 Å². The van der Waals surface area contributed by atoms with Crippen LogP contribution in [0.25, 0.3) is 11.1 Å². The number of aryl methyl sites for hydroxylation is 1. The number of hydrogen-bond donors (Lipinski definition) is 1. The highest BCUT2D eigenvalue weighted by Gasteiger charge is 2.09. The van der Waals surface area contributed by atoms with Gasteiger partial charge in [-0.05, 0) is 54.2 Å². The Morgan fingerprint density at radius 1 is 0.958 bits per heavy atom. The van der Waals surface area contributed by atoms with Crippen molar-refractivity contribution in [1.29, 1.82) is 0 Å². The van der Waals surface area contributed by atoms with E-state index in [0.717, 1.165) is 12.8 Å². The summed E-state index contributed by atoms with van der Waals surface area (Å²) in [4.78, 5) is 3.33. The smallest absolute Gasteiger partial charge is 0.0453 e. The highest BCUT2D eigenvalue weighted by atomic mass is 14.7. The maximum Gasteiger partial charge on any atom is 0.0453 e. The van der Waals surface area contributed by atoms with E-state index in [-0.39, 0.29) is 0 Å². The fraction of sp³-hybridized carbons (Fsp3) is 0.304. The summed E-state index contributed by atoms with van der Waals surface area (Å²) >= 11 is 0. The molecule has 0 bridgehead atoms.